The maximum atomic E-state index is 10.8. The van der Waals surface area contributed by atoms with Gasteiger partial charge in [0.15, 0.2) is 0 Å². The second-order valence-corrected chi connectivity index (χ2v) is 6.77. The van der Waals surface area contributed by atoms with Crippen LogP contribution in [0.25, 0.3) is 0 Å². The van der Waals surface area contributed by atoms with Gasteiger partial charge < -0.3 is 4.74 Å². The standard InChI is InChI=1S/C9H15N.C8H16O2.C4H8/c1-4-8-6-7(3)10-9(8)5-2;1-5-6-7(9)10-8(2,3)4;1-3-4-2/h6,9H,4-5H2,1-3H3;5-6H2,1-4H3;3-4H,1-2H3/b;;4-3-. The minimum absolute atomic E-state index is 0.102. The minimum Gasteiger partial charge on any atom is -0.460 e. The van der Waals surface area contributed by atoms with Crippen molar-refractivity contribution in [2.45, 2.75) is 99.6 Å². The Morgan fingerprint density at radius 1 is 1.21 bits per heavy atom. The second kappa shape index (κ2) is 14.0. The molecular formula is C21H39NO2. The average molecular weight is 338 g/mol. The van der Waals surface area contributed by atoms with E-state index in [0.29, 0.717) is 12.5 Å². The second-order valence-electron chi connectivity index (χ2n) is 6.77. The summed E-state index contributed by atoms with van der Waals surface area (Å²) in [6, 6.07) is 0.505. The van der Waals surface area contributed by atoms with E-state index < -0.39 is 0 Å². The predicted molar refractivity (Wildman–Crippen MR) is 107 cm³/mol. The Kier molecular flexibility index (Phi) is 14.5. The van der Waals surface area contributed by atoms with Crippen molar-refractivity contribution in [1.82, 2.24) is 0 Å². The number of hydrogen-bond donors (Lipinski definition) is 0. The fraction of sp³-hybridized carbons (Fsp3) is 0.714. The molecule has 0 saturated carbocycles. The van der Waals surface area contributed by atoms with Crippen molar-refractivity contribution in [3.05, 3.63) is 23.8 Å². The van der Waals surface area contributed by atoms with Gasteiger partial charge in [0.1, 0.15) is 5.60 Å². The molecule has 3 heteroatoms. The first-order chi connectivity index (χ1) is 11.1. The van der Waals surface area contributed by atoms with Crippen LogP contribution in [-0.2, 0) is 9.53 Å². The zero-order chi connectivity index (χ0) is 19.2. The highest BCUT2D eigenvalue weighted by atomic mass is 16.6. The van der Waals surface area contributed by atoms with Gasteiger partial charge in [-0.05, 0) is 72.5 Å². The molecule has 0 saturated heterocycles. The molecule has 1 aliphatic rings. The van der Waals surface area contributed by atoms with Crippen LogP contribution in [0, 0.1) is 0 Å². The van der Waals surface area contributed by atoms with Crippen LogP contribution < -0.4 is 0 Å². The number of aliphatic imine (C=N–C) groups is 1. The molecule has 0 amide bonds. The van der Waals surface area contributed by atoms with E-state index in [1.165, 1.54) is 11.3 Å². The van der Waals surface area contributed by atoms with E-state index in [-0.39, 0.29) is 11.6 Å². The summed E-state index contributed by atoms with van der Waals surface area (Å²) in [5, 5.41) is 0. The van der Waals surface area contributed by atoms with Crippen LogP contribution in [-0.4, -0.2) is 23.3 Å². The molecule has 1 atom stereocenters. The lowest BCUT2D eigenvalue weighted by atomic mass is 10.0. The van der Waals surface area contributed by atoms with Crippen molar-refractivity contribution >= 4 is 11.7 Å². The van der Waals surface area contributed by atoms with Gasteiger partial charge in [0.2, 0.25) is 0 Å². The van der Waals surface area contributed by atoms with Gasteiger partial charge in [-0.15, -0.1) is 0 Å². The van der Waals surface area contributed by atoms with Crippen molar-refractivity contribution < 1.29 is 9.53 Å². The summed E-state index contributed by atoms with van der Waals surface area (Å²) in [5.41, 5.74) is 2.37. The van der Waals surface area contributed by atoms with Gasteiger partial charge in [0.05, 0.1) is 6.04 Å². The third kappa shape index (κ3) is 14.2. The van der Waals surface area contributed by atoms with Crippen LogP contribution in [0.5, 0.6) is 0 Å². The number of allylic oxidation sites excluding steroid dienone is 3. The summed E-state index contributed by atoms with van der Waals surface area (Å²) in [7, 11) is 0. The molecule has 0 aromatic heterocycles. The third-order valence-electron chi connectivity index (χ3n) is 3.18. The Labute approximate surface area is 150 Å². The van der Waals surface area contributed by atoms with Gasteiger partial charge >= 0.3 is 5.97 Å². The molecule has 0 bridgehead atoms. The van der Waals surface area contributed by atoms with Gasteiger partial charge in [-0.1, -0.05) is 32.9 Å². The first kappa shape index (κ1) is 24.9. The number of esters is 1. The maximum absolute atomic E-state index is 10.8. The van der Waals surface area contributed by atoms with Crippen molar-refractivity contribution in [3.8, 4) is 0 Å². The highest BCUT2D eigenvalue weighted by Gasteiger charge is 2.15. The molecule has 1 unspecified atom stereocenters. The van der Waals surface area contributed by atoms with Crippen molar-refractivity contribution in [2.75, 3.05) is 0 Å². The van der Waals surface area contributed by atoms with E-state index in [2.05, 4.69) is 31.8 Å². The largest absolute Gasteiger partial charge is 0.460 e. The Balaban J connectivity index is 0. The summed E-state index contributed by atoms with van der Waals surface area (Å²) < 4.78 is 5.04. The summed E-state index contributed by atoms with van der Waals surface area (Å²) in [6.45, 7) is 18.1. The SMILES string of the molecule is C/C=C\C.CCC1=CC(C)=NC1CC.CCCC(=O)OC(C)(C)C. The molecule has 1 aliphatic heterocycles. The Hall–Kier alpha value is -1.38. The fourth-order valence-corrected chi connectivity index (χ4v) is 2.02. The summed E-state index contributed by atoms with van der Waals surface area (Å²) in [6.07, 6.45) is 9.90. The molecule has 0 N–H and O–H groups in total. The average Bonchev–Trinajstić information content (AvgIpc) is 2.86. The van der Waals surface area contributed by atoms with Gasteiger partial charge in [-0.2, -0.15) is 0 Å². The maximum Gasteiger partial charge on any atom is 0.306 e. The lowest BCUT2D eigenvalue weighted by Gasteiger charge is -2.18. The Morgan fingerprint density at radius 2 is 1.75 bits per heavy atom. The molecular weight excluding hydrogens is 298 g/mol. The summed E-state index contributed by atoms with van der Waals surface area (Å²) in [4.78, 5) is 15.3. The van der Waals surface area contributed by atoms with Crippen LogP contribution in [0.2, 0.25) is 0 Å². The topological polar surface area (TPSA) is 38.7 Å². The summed E-state index contributed by atoms with van der Waals surface area (Å²) in [5.74, 6) is -0.102. The predicted octanol–water partition coefficient (Wildman–Crippen LogP) is 6.29. The molecule has 1 rings (SSSR count). The Morgan fingerprint density at radius 3 is 2.04 bits per heavy atom. The molecule has 1 heterocycles. The first-order valence-electron chi connectivity index (χ1n) is 9.18. The monoisotopic (exact) mass is 337 g/mol. The van der Waals surface area contributed by atoms with Crippen molar-refractivity contribution in [3.63, 3.8) is 0 Å². The van der Waals surface area contributed by atoms with E-state index in [1.807, 2.05) is 53.7 Å². The lowest BCUT2D eigenvalue weighted by molar-refractivity contribution is -0.154. The minimum atomic E-state index is -0.327. The molecule has 3 nitrogen and oxygen atoms in total. The van der Waals surface area contributed by atoms with Crippen molar-refractivity contribution in [1.29, 1.82) is 0 Å². The number of hydrogen-bond acceptors (Lipinski definition) is 3. The number of carbonyl (C=O) groups excluding carboxylic acids is 1. The Bertz CT molecular complexity index is 422. The molecule has 0 aliphatic carbocycles. The molecule has 0 spiro atoms. The van der Waals surface area contributed by atoms with Crippen LogP contribution in [0.3, 0.4) is 0 Å². The molecule has 0 radical (unpaired) electrons. The molecule has 0 aromatic rings. The van der Waals surface area contributed by atoms with Crippen LogP contribution >= 0.6 is 0 Å². The summed E-state index contributed by atoms with van der Waals surface area (Å²) >= 11 is 0. The van der Waals surface area contributed by atoms with E-state index in [4.69, 9.17) is 4.74 Å². The quantitative estimate of drug-likeness (QED) is 0.447. The normalized spacial score (nSPS) is 16.5. The number of nitrogens with zero attached hydrogens (tertiary/aromatic N) is 1. The van der Waals surface area contributed by atoms with E-state index in [1.54, 1.807) is 0 Å². The van der Waals surface area contributed by atoms with Gasteiger partial charge in [-0.25, -0.2) is 0 Å². The van der Waals surface area contributed by atoms with E-state index >= 15 is 0 Å². The molecule has 140 valence electrons. The van der Waals surface area contributed by atoms with Crippen molar-refractivity contribution in [2.24, 2.45) is 4.99 Å². The molecule has 0 fully saturated rings. The highest BCUT2D eigenvalue weighted by molar-refractivity contribution is 5.95. The number of rotatable bonds is 4. The van der Waals surface area contributed by atoms with Gasteiger partial charge in [0, 0.05) is 12.1 Å². The van der Waals surface area contributed by atoms with Crippen LogP contribution in [0.4, 0.5) is 0 Å². The number of carbonyl (C=O) groups is 1. The highest BCUT2D eigenvalue weighted by Crippen LogP contribution is 2.20. The van der Waals surface area contributed by atoms with Crippen LogP contribution in [0.1, 0.15) is 88.0 Å². The van der Waals surface area contributed by atoms with Crippen LogP contribution in [0.15, 0.2) is 28.8 Å². The number of ether oxygens (including phenoxy) is 1. The molecule has 24 heavy (non-hydrogen) atoms. The van der Waals surface area contributed by atoms with Gasteiger partial charge in [0.25, 0.3) is 0 Å². The fourth-order valence-electron chi connectivity index (χ4n) is 2.02. The third-order valence-corrected chi connectivity index (χ3v) is 3.18. The van der Waals surface area contributed by atoms with Gasteiger partial charge in [-0.3, -0.25) is 9.79 Å². The first-order valence-corrected chi connectivity index (χ1v) is 9.18. The zero-order valence-corrected chi connectivity index (χ0v) is 17.4. The molecule has 0 aromatic carbocycles. The lowest BCUT2D eigenvalue weighted by Crippen LogP contribution is -2.23. The van der Waals surface area contributed by atoms with E-state index in [9.17, 15) is 4.79 Å². The zero-order valence-electron chi connectivity index (χ0n) is 17.4. The van der Waals surface area contributed by atoms with E-state index in [0.717, 1.165) is 19.3 Å². The smallest absolute Gasteiger partial charge is 0.306 e.